The van der Waals surface area contributed by atoms with Crippen LogP contribution in [0.3, 0.4) is 0 Å². The number of aryl methyl sites for hydroxylation is 2. The zero-order valence-electron chi connectivity index (χ0n) is 20.8. The second kappa shape index (κ2) is 19.8. The van der Waals surface area contributed by atoms with Gasteiger partial charge in [0.1, 0.15) is 0 Å². The van der Waals surface area contributed by atoms with Crippen LogP contribution in [0, 0.1) is 36.0 Å². The van der Waals surface area contributed by atoms with Crippen LogP contribution in [0.25, 0.3) is 11.1 Å². The molecule has 0 radical (unpaired) electrons. The lowest BCUT2D eigenvalue weighted by molar-refractivity contribution is 0.385. The van der Waals surface area contributed by atoms with Crippen LogP contribution in [0.2, 0.25) is 0 Å². The van der Waals surface area contributed by atoms with Crippen molar-refractivity contribution in [3.8, 4) is 29.0 Å². The van der Waals surface area contributed by atoms with E-state index in [9.17, 15) is 0 Å². The third kappa shape index (κ3) is 12.8. The predicted octanol–water partition coefficient (Wildman–Crippen LogP) is 7.94. The van der Waals surface area contributed by atoms with Crippen LogP contribution < -0.4 is 0 Å². The van der Waals surface area contributed by atoms with Crippen molar-refractivity contribution in [2.45, 2.75) is 87.5 Å². The van der Waals surface area contributed by atoms with Gasteiger partial charge in [0.25, 0.3) is 0 Å². The molecule has 3 rings (SSSR count). The van der Waals surface area contributed by atoms with Gasteiger partial charge in [-0.05, 0) is 38.8 Å². The average molecular weight is 410 g/mol. The van der Waals surface area contributed by atoms with Crippen LogP contribution in [0.5, 0.6) is 0 Å². The molecule has 1 aliphatic rings. The minimum absolute atomic E-state index is 0.689. The highest BCUT2D eigenvalue weighted by atomic mass is 15.2. The van der Waals surface area contributed by atoms with Crippen LogP contribution in [-0.2, 0) is 7.05 Å². The van der Waals surface area contributed by atoms with Gasteiger partial charge in [0.15, 0.2) is 0 Å². The molecule has 1 aromatic carbocycles. The Balaban J connectivity index is 0. The maximum Gasteiger partial charge on any atom is 0.0998 e. The average Bonchev–Trinajstić information content (AvgIpc) is 3.24. The van der Waals surface area contributed by atoms with Gasteiger partial charge in [-0.25, -0.2) is 0 Å². The molecule has 2 aromatic rings. The van der Waals surface area contributed by atoms with E-state index < -0.39 is 0 Å². The lowest BCUT2D eigenvalue weighted by Crippen LogP contribution is -1.99. The van der Waals surface area contributed by atoms with E-state index in [1.807, 2.05) is 79.9 Å². The molecule has 0 saturated heterocycles. The fraction of sp³-hybridized carbons (Fsp3) is 0.556. The van der Waals surface area contributed by atoms with Gasteiger partial charge in [0.05, 0.1) is 17.8 Å². The number of hydrogen-bond donors (Lipinski definition) is 0. The van der Waals surface area contributed by atoms with Crippen molar-refractivity contribution in [3.05, 3.63) is 41.7 Å². The van der Waals surface area contributed by atoms with Crippen LogP contribution in [0.1, 0.15) is 91.7 Å². The number of benzene rings is 1. The molecule has 0 unspecified atom stereocenters. The summed E-state index contributed by atoms with van der Waals surface area (Å²) in [4.78, 5) is 0. The van der Waals surface area contributed by atoms with Crippen molar-refractivity contribution < 1.29 is 0 Å². The van der Waals surface area contributed by atoms with Crippen LogP contribution >= 0.6 is 0 Å². The first-order valence-electron chi connectivity index (χ1n) is 11.3. The normalized spacial score (nSPS) is 11.7. The van der Waals surface area contributed by atoms with E-state index in [-0.39, 0.29) is 0 Å². The zero-order valence-corrected chi connectivity index (χ0v) is 20.8. The molecule has 30 heavy (non-hydrogen) atoms. The molecule has 1 aromatic heterocycles. The molecule has 0 bridgehead atoms. The highest BCUT2D eigenvalue weighted by Gasteiger charge is 2.07. The van der Waals surface area contributed by atoms with E-state index in [1.165, 1.54) is 32.1 Å². The topological polar surface area (TPSA) is 41.6 Å². The molecule has 0 atom stereocenters. The van der Waals surface area contributed by atoms with Gasteiger partial charge in [-0.1, -0.05) is 78.4 Å². The molecule has 1 fully saturated rings. The van der Waals surface area contributed by atoms with E-state index in [0.717, 1.165) is 22.6 Å². The zero-order chi connectivity index (χ0) is 23.4. The molecule has 1 saturated carbocycles. The lowest BCUT2D eigenvalue weighted by atomic mass is 9.91. The first-order chi connectivity index (χ1) is 14.5. The highest BCUT2D eigenvalue weighted by Crippen LogP contribution is 2.24. The standard InChI is InChI=1S/C12H11N3.C7H14.C4H6.2C2H6/c1-9-3-4-10(6-13)12(5-9)11-7-14-15(2)8-11;1-7-5-3-2-4-6-7;1-3-4-2;2*1-2/h3-5,7-8H,1-2H3;7H,2-6H2,1H3;1-2H3;2*1-2H3. The fourth-order valence-electron chi connectivity index (χ4n) is 2.86. The maximum absolute atomic E-state index is 9.00. The number of rotatable bonds is 1. The second-order valence-electron chi connectivity index (χ2n) is 6.81. The largest absolute Gasteiger partial charge is 0.275 e. The van der Waals surface area contributed by atoms with Crippen molar-refractivity contribution >= 4 is 0 Å². The van der Waals surface area contributed by atoms with Crippen LogP contribution in [0.15, 0.2) is 30.6 Å². The van der Waals surface area contributed by atoms with E-state index >= 15 is 0 Å². The van der Waals surface area contributed by atoms with Crippen molar-refractivity contribution in [1.29, 1.82) is 5.26 Å². The molecule has 0 N–H and O–H groups in total. The minimum atomic E-state index is 0.689. The molecular weight excluding hydrogens is 366 g/mol. The van der Waals surface area contributed by atoms with Gasteiger partial charge < -0.3 is 0 Å². The van der Waals surface area contributed by atoms with E-state index in [2.05, 4.69) is 29.9 Å². The Morgan fingerprint density at radius 3 is 1.93 bits per heavy atom. The summed E-state index contributed by atoms with van der Waals surface area (Å²) >= 11 is 0. The molecule has 1 heterocycles. The third-order valence-electron chi connectivity index (χ3n) is 4.46. The Labute approximate surface area is 186 Å². The third-order valence-corrected chi connectivity index (χ3v) is 4.46. The summed E-state index contributed by atoms with van der Waals surface area (Å²) in [5.74, 6) is 6.40. The van der Waals surface area contributed by atoms with Crippen LogP contribution in [0.4, 0.5) is 0 Å². The van der Waals surface area contributed by atoms with E-state index in [1.54, 1.807) is 10.9 Å². The Morgan fingerprint density at radius 2 is 1.57 bits per heavy atom. The van der Waals surface area contributed by atoms with Crippen molar-refractivity contribution in [2.75, 3.05) is 0 Å². The highest BCUT2D eigenvalue weighted by molar-refractivity contribution is 5.70. The van der Waals surface area contributed by atoms with Gasteiger partial charge in [0.2, 0.25) is 0 Å². The fourth-order valence-corrected chi connectivity index (χ4v) is 2.86. The van der Waals surface area contributed by atoms with Crippen molar-refractivity contribution in [2.24, 2.45) is 13.0 Å². The van der Waals surface area contributed by atoms with Gasteiger partial charge in [-0.3, -0.25) is 4.68 Å². The van der Waals surface area contributed by atoms with Crippen molar-refractivity contribution in [3.63, 3.8) is 0 Å². The summed E-state index contributed by atoms with van der Waals surface area (Å²) in [6.45, 7) is 16.0. The van der Waals surface area contributed by atoms with Crippen LogP contribution in [-0.4, -0.2) is 9.78 Å². The predicted molar refractivity (Wildman–Crippen MR) is 132 cm³/mol. The number of nitriles is 1. The molecule has 0 spiro atoms. The van der Waals surface area contributed by atoms with Gasteiger partial charge in [-0.2, -0.15) is 10.4 Å². The first kappa shape index (κ1) is 29.7. The summed E-state index contributed by atoms with van der Waals surface area (Å²) in [5, 5.41) is 13.1. The first-order valence-corrected chi connectivity index (χ1v) is 11.3. The SMILES string of the molecule is CC.CC.CC#CC.CC1CCCCC1.Cc1ccc(C#N)c(-c2cnn(C)c2)c1. The van der Waals surface area contributed by atoms with E-state index in [4.69, 9.17) is 5.26 Å². The molecule has 1 aliphatic carbocycles. The summed E-state index contributed by atoms with van der Waals surface area (Å²) in [6, 6.07) is 7.99. The molecule has 3 nitrogen and oxygen atoms in total. The molecule has 0 aliphatic heterocycles. The number of hydrogen-bond acceptors (Lipinski definition) is 2. The number of aromatic nitrogens is 2. The Hall–Kier alpha value is -2.52. The monoisotopic (exact) mass is 409 g/mol. The van der Waals surface area contributed by atoms with Crippen molar-refractivity contribution in [1.82, 2.24) is 9.78 Å². The smallest absolute Gasteiger partial charge is 0.0998 e. The lowest BCUT2D eigenvalue weighted by Gasteiger charge is -2.15. The second-order valence-corrected chi connectivity index (χ2v) is 6.81. The van der Waals surface area contributed by atoms with Gasteiger partial charge in [0, 0.05) is 24.4 Å². The molecular formula is C27H43N3. The molecule has 166 valence electrons. The summed E-state index contributed by atoms with van der Waals surface area (Å²) in [5.41, 5.74) is 3.77. The maximum atomic E-state index is 9.00. The summed E-state index contributed by atoms with van der Waals surface area (Å²) in [6.07, 6.45) is 11.1. The minimum Gasteiger partial charge on any atom is -0.275 e. The summed E-state index contributed by atoms with van der Waals surface area (Å²) < 4.78 is 1.73. The Kier molecular flexibility index (Phi) is 19.6. The molecule has 3 heteroatoms. The summed E-state index contributed by atoms with van der Waals surface area (Å²) in [7, 11) is 1.87. The quantitative estimate of drug-likeness (QED) is 0.449. The van der Waals surface area contributed by atoms with Gasteiger partial charge in [-0.15, -0.1) is 11.8 Å². The Bertz CT molecular complexity index is 757. The van der Waals surface area contributed by atoms with Gasteiger partial charge >= 0.3 is 0 Å². The Morgan fingerprint density at radius 1 is 1.00 bits per heavy atom. The van der Waals surface area contributed by atoms with E-state index in [0.29, 0.717) is 5.56 Å². The number of nitrogens with zero attached hydrogens (tertiary/aromatic N) is 3. The molecule has 0 amide bonds.